The van der Waals surface area contributed by atoms with Crippen LogP contribution in [0.15, 0.2) is 10.6 Å². The maximum atomic E-state index is 10.8. The van der Waals surface area contributed by atoms with Gasteiger partial charge in [-0.3, -0.25) is 4.21 Å². The van der Waals surface area contributed by atoms with Crippen molar-refractivity contribution in [2.24, 2.45) is 0 Å². The van der Waals surface area contributed by atoms with Crippen molar-refractivity contribution < 1.29 is 4.21 Å². The fourth-order valence-corrected chi connectivity index (χ4v) is 1.59. The Morgan fingerprint density at radius 2 is 2.31 bits per heavy atom. The topological polar surface area (TPSA) is 29.1 Å². The van der Waals surface area contributed by atoms with Crippen LogP contribution in [0.1, 0.15) is 13.3 Å². The lowest BCUT2D eigenvalue weighted by atomic mass is 10.2. The van der Waals surface area contributed by atoms with Gasteiger partial charge in [-0.25, -0.2) is 0 Å². The quantitative estimate of drug-likeness (QED) is 0.774. The first kappa shape index (κ1) is 13.4. The van der Waals surface area contributed by atoms with Crippen LogP contribution >= 0.6 is 23.2 Å². The van der Waals surface area contributed by atoms with Crippen molar-refractivity contribution in [3.05, 3.63) is 10.6 Å². The summed E-state index contributed by atoms with van der Waals surface area (Å²) in [5, 5.41) is 3.76. The van der Waals surface area contributed by atoms with Gasteiger partial charge in [0.15, 0.2) is 0 Å². The first-order chi connectivity index (χ1) is 6.06. The zero-order valence-corrected chi connectivity index (χ0v) is 10.2. The van der Waals surface area contributed by atoms with Crippen LogP contribution in [-0.2, 0) is 10.8 Å². The minimum Gasteiger partial charge on any atom is -0.309 e. The number of nitrogens with one attached hydrogen (secondary N) is 1. The molecule has 2 unspecified atom stereocenters. The lowest BCUT2D eigenvalue weighted by Crippen LogP contribution is -2.28. The van der Waals surface area contributed by atoms with Gasteiger partial charge in [0.2, 0.25) is 0 Å². The average Bonchev–Trinajstić information content (AvgIpc) is 2.10. The molecule has 2 atom stereocenters. The fraction of sp³-hybridized carbons (Fsp3) is 0.750. The summed E-state index contributed by atoms with van der Waals surface area (Å²) in [5.41, 5.74) is 1.35. The van der Waals surface area contributed by atoms with E-state index < -0.39 is 10.8 Å². The molecule has 1 N–H and O–H groups in total. The summed E-state index contributed by atoms with van der Waals surface area (Å²) in [6.07, 6.45) is 2.59. The van der Waals surface area contributed by atoms with Crippen molar-refractivity contribution in [1.82, 2.24) is 5.32 Å². The highest BCUT2D eigenvalue weighted by molar-refractivity contribution is 7.84. The van der Waals surface area contributed by atoms with Gasteiger partial charge in [0.1, 0.15) is 0 Å². The Morgan fingerprint density at radius 3 is 2.77 bits per heavy atom. The van der Waals surface area contributed by atoms with Crippen LogP contribution < -0.4 is 5.32 Å². The first-order valence-corrected chi connectivity index (χ1v) is 6.58. The average molecular weight is 244 g/mol. The third kappa shape index (κ3) is 8.75. The van der Waals surface area contributed by atoms with Gasteiger partial charge in [0.05, 0.1) is 0 Å². The molecule has 0 amide bonds. The number of halogens is 2. The monoisotopic (exact) mass is 243 g/mol. The number of rotatable bonds is 6. The Balaban J connectivity index is 3.51. The molecule has 0 aromatic carbocycles. The molecule has 0 rings (SSSR count). The van der Waals surface area contributed by atoms with E-state index in [1.165, 1.54) is 5.54 Å². The molecular formula is C8H15Cl2NOS. The molecule has 0 bridgehead atoms. The van der Waals surface area contributed by atoms with Gasteiger partial charge >= 0.3 is 0 Å². The lowest BCUT2D eigenvalue weighted by molar-refractivity contribution is 0.565. The summed E-state index contributed by atoms with van der Waals surface area (Å²) in [7, 11) is -0.716. The summed E-state index contributed by atoms with van der Waals surface area (Å²) < 4.78 is 10.8. The standard InChI is InChI=1S/C8H15Cl2NOS/c1-7(3-4-13(2)12)11-6-8(10)5-9/h5,7,11H,3-4,6H2,1-2H3. The van der Waals surface area contributed by atoms with Crippen molar-refractivity contribution in [3.8, 4) is 0 Å². The molecule has 13 heavy (non-hydrogen) atoms. The van der Waals surface area contributed by atoms with Crippen molar-refractivity contribution >= 4 is 34.0 Å². The van der Waals surface area contributed by atoms with E-state index in [1.807, 2.05) is 6.92 Å². The van der Waals surface area contributed by atoms with Gasteiger partial charge in [-0.05, 0) is 13.3 Å². The van der Waals surface area contributed by atoms with Gasteiger partial charge in [-0.1, -0.05) is 23.2 Å². The molecule has 0 aromatic heterocycles. The zero-order chi connectivity index (χ0) is 10.3. The Morgan fingerprint density at radius 1 is 1.69 bits per heavy atom. The predicted octanol–water partition coefficient (Wildman–Crippen LogP) is 2.05. The largest absolute Gasteiger partial charge is 0.309 e. The minimum absolute atomic E-state index is 0.314. The lowest BCUT2D eigenvalue weighted by Gasteiger charge is -2.11. The van der Waals surface area contributed by atoms with E-state index in [1.54, 1.807) is 6.26 Å². The summed E-state index contributed by atoms with van der Waals surface area (Å²) in [6.45, 7) is 2.60. The number of hydrogen-bond donors (Lipinski definition) is 1. The normalized spacial score (nSPS) is 17.1. The Bertz CT molecular complexity index is 197. The predicted molar refractivity (Wildman–Crippen MR) is 60.8 cm³/mol. The molecular weight excluding hydrogens is 229 g/mol. The van der Waals surface area contributed by atoms with Gasteiger partial charge in [-0.2, -0.15) is 0 Å². The van der Waals surface area contributed by atoms with E-state index in [0.29, 0.717) is 17.6 Å². The Labute approximate surface area is 92.1 Å². The van der Waals surface area contributed by atoms with Crippen LogP contribution in [-0.4, -0.2) is 28.8 Å². The maximum Gasteiger partial charge on any atom is 0.0431 e. The van der Waals surface area contributed by atoms with Gasteiger partial charge in [-0.15, -0.1) is 0 Å². The Kier molecular flexibility index (Phi) is 8.06. The van der Waals surface area contributed by atoms with Gasteiger partial charge < -0.3 is 5.32 Å². The highest BCUT2D eigenvalue weighted by Gasteiger charge is 2.02. The van der Waals surface area contributed by atoms with Crippen LogP contribution in [0.4, 0.5) is 0 Å². The van der Waals surface area contributed by atoms with Crippen LogP contribution in [0.25, 0.3) is 0 Å². The minimum atomic E-state index is -0.716. The summed E-state index contributed by atoms with van der Waals surface area (Å²) in [5.74, 6) is 0.719. The molecule has 0 aliphatic heterocycles. The van der Waals surface area contributed by atoms with Crippen molar-refractivity contribution in [1.29, 1.82) is 0 Å². The first-order valence-electron chi connectivity index (χ1n) is 4.04. The summed E-state index contributed by atoms with van der Waals surface area (Å²) >= 11 is 11.1. The van der Waals surface area contributed by atoms with Crippen LogP contribution in [0.2, 0.25) is 0 Å². The molecule has 0 aromatic rings. The molecule has 0 radical (unpaired) electrons. The molecule has 0 fully saturated rings. The SMILES string of the molecule is CC(CCS(C)=O)NCC(Cl)=CCl. The van der Waals surface area contributed by atoms with Crippen LogP contribution in [0, 0.1) is 0 Å². The van der Waals surface area contributed by atoms with E-state index in [2.05, 4.69) is 5.32 Å². The third-order valence-electron chi connectivity index (χ3n) is 1.58. The van der Waals surface area contributed by atoms with Crippen LogP contribution in [0.3, 0.4) is 0 Å². The van der Waals surface area contributed by atoms with E-state index >= 15 is 0 Å². The second-order valence-electron chi connectivity index (χ2n) is 2.90. The van der Waals surface area contributed by atoms with Crippen molar-refractivity contribution in [2.75, 3.05) is 18.6 Å². The van der Waals surface area contributed by atoms with Crippen LogP contribution in [0.5, 0.6) is 0 Å². The van der Waals surface area contributed by atoms with Crippen molar-refractivity contribution in [3.63, 3.8) is 0 Å². The Hall–Kier alpha value is 0.430. The molecule has 2 nitrogen and oxygen atoms in total. The summed E-state index contributed by atoms with van der Waals surface area (Å²) in [6, 6.07) is 0.314. The number of hydrogen-bond acceptors (Lipinski definition) is 2. The highest BCUT2D eigenvalue weighted by atomic mass is 35.5. The zero-order valence-electron chi connectivity index (χ0n) is 7.85. The smallest absolute Gasteiger partial charge is 0.0431 e. The molecule has 0 spiro atoms. The molecule has 0 saturated carbocycles. The second-order valence-corrected chi connectivity index (χ2v) is 5.16. The second kappa shape index (κ2) is 7.80. The highest BCUT2D eigenvalue weighted by Crippen LogP contribution is 2.02. The molecule has 0 heterocycles. The third-order valence-corrected chi connectivity index (χ3v) is 3.00. The molecule has 0 saturated heterocycles. The molecule has 5 heteroatoms. The maximum absolute atomic E-state index is 10.8. The van der Waals surface area contributed by atoms with Gasteiger partial charge in [0.25, 0.3) is 0 Å². The van der Waals surface area contributed by atoms with E-state index in [-0.39, 0.29) is 0 Å². The fourth-order valence-electron chi connectivity index (χ4n) is 0.755. The molecule has 0 aliphatic carbocycles. The van der Waals surface area contributed by atoms with Gasteiger partial charge in [0, 0.05) is 46.0 Å². The van der Waals surface area contributed by atoms with E-state index in [9.17, 15) is 4.21 Å². The van der Waals surface area contributed by atoms with E-state index in [0.717, 1.165) is 12.2 Å². The summed E-state index contributed by atoms with van der Waals surface area (Å²) in [4.78, 5) is 0. The van der Waals surface area contributed by atoms with Crippen molar-refractivity contribution in [2.45, 2.75) is 19.4 Å². The molecule has 0 aliphatic rings. The van der Waals surface area contributed by atoms with E-state index in [4.69, 9.17) is 23.2 Å². The molecule has 78 valence electrons.